The summed E-state index contributed by atoms with van der Waals surface area (Å²) < 4.78 is 35.3. The fraction of sp³-hybridized carbons (Fsp3) is 0.321. The third kappa shape index (κ3) is 5.98. The summed E-state index contributed by atoms with van der Waals surface area (Å²) >= 11 is 0. The summed E-state index contributed by atoms with van der Waals surface area (Å²) in [6, 6.07) is 12.5. The van der Waals surface area contributed by atoms with E-state index in [1.807, 2.05) is 30.5 Å². The van der Waals surface area contributed by atoms with Crippen molar-refractivity contribution < 1.29 is 22.7 Å². The van der Waals surface area contributed by atoms with Crippen LogP contribution in [-0.2, 0) is 15.6 Å². The molecule has 0 radical (unpaired) electrons. The van der Waals surface area contributed by atoms with Gasteiger partial charge in [-0.3, -0.25) is 4.79 Å². The van der Waals surface area contributed by atoms with Gasteiger partial charge < -0.3 is 25.1 Å². The quantitative estimate of drug-likeness (QED) is 0.276. The van der Waals surface area contributed by atoms with E-state index in [9.17, 15) is 13.2 Å². The third-order valence-electron chi connectivity index (χ3n) is 6.71. The number of sulfone groups is 1. The lowest BCUT2D eigenvalue weighted by Crippen LogP contribution is -2.17. The molecule has 10 nitrogen and oxygen atoms in total. The first kappa shape index (κ1) is 26.5. The summed E-state index contributed by atoms with van der Waals surface area (Å²) in [6.45, 7) is 0. The van der Waals surface area contributed by atoms with Crippen LogP contribution in [0.4, 0.5) is 11.6 Å². The number of carbonyl (C=O) groups is 1. The molecule has 5 rings (SSSR count). The number of amides is 1. The molecule has 0 saturated heterocycles. The number of anilines is 2. The summed E-state index contributed by atoms with van der Waals surface area (Å²) in [5.41, 5.74) is 4.15. The van der Waals surface area contributed by atoms with E-state index in [-0.39, 0.29) is 17.8 Å². The van der Waals surface area contributed by atoms with Crippen LogP contribution >= 0.6 is 0 Å². The molecule has 2 aromatic carbocycles. The van der Waals surface area contributed by atoms with Crippen molar-refractivity contribution in [3.05, 3.63) is 59.8 Å². The van der Waals surface area contributed by atoms with Gasteiger partial charge in [-0.2, -0.15) is 9.97 Å². The van der Waals surface area contributed by atoms with Crippen LogP contribution in [0.25, 0.3) is 22.2 Å². The van der Waals surface area contributed by atoms with E-state index in [1.54, 1.807) is 25.2 Å². The molecule has 39 heavy (non-hydrogen) atoms. The summed E-state index contributed by atoms with van der Waals surface area (Å²) in [7, 11) is -0.0175. The highest BCUT2D eigenvalue weighted by molar-refractivity contribution is 7.89. The number of aromatic nitrogens is 3. The monoisotopic (exact) mass is 549 g/mol. The number of aromatic amines is 1. The molecule has 1 fully saturated rings. The van der Waals surface area contributed by atoms with Gasteiger partial charge in [-0.15, -0.1) is 0 Å². The molecule has 204 valence electrons. The van der Waals surface area contributed by atoms with Crippen LogP contribution < -0.4 is 20.1 Å². The number of hydrogen-bond donors (Lipinski definition) is 3. The van der Waals surface area contributed by atoms with Crippen LogP contribution in [0, 0.1) is 0 Å². The number of rotatable bonds is 9. The Balaban J connectivity index is 1.53. The van der Waals surface area contributed by atoms with E-state index in [4.69, 9.17) is 19.4 Å². The van der Waals surface area contributed by atoms with Crippen molar-refractivity contribution in [2.75, 3.05) is 25.7 Å². The van der Waals surface area contributed by atoms with Gasteiger partial charge in [-0.1, -0.05) is 24.3 Å². The Morgan fingerprint density at radius 3 is 2.51 bits per heavy atom. The fourth-order valence-electron chi connectivity index (χ4n) is 4.82. The van der Waals surface area contributed by atoms with E-state index < -0.39 is 9.84 Å². The van der Waals surface area contributed by atoms with Gasteiger partial charge in [0.1, 0.15) is 17.5 Å². The van der Waals surface area contributed by atoms with Gasteiger partial charge in [-0.05, 0) is 55.0 Å². The predicted octanol–water partition coefficient (Wildman–Crippen LogP) is 4.60. The van der Waals surface area contributed by atoms with Crippen LogP contribution in [0.3, 0.4) is 0 Å². The third-order valence-corrected chi connectivity index (χ3v) is 7.57. The number of fused-ring (bicyclic) bond motifs is 1. The Morgan fingerprint density at radius 1 is 1.10 bits per heavy atom. The highest BCUT2D eigenvalue weighted by Gasteiger charge is 2.23. The van der Waals surface area contributed by atoms with Crippen molar-refractivity contribution in [3.8, 4) is 22.8 Å². The molecule has 2 heterocycles. The SMILES string of the molecule is CNC(=O)c1ccc(Nc2nc(OC3CCCC3)c3c(-c4ccc(CS(C)(=O)=O)cc4)c[nH]c3n2)c(OC)c1. The second-order valence-electron chi connectivity index (χ2n) is 9.69. The molecule has 0 atom stereocenters. The second-order valence-corrected chi connectivity index (χ2v) is 11.8. The maximum absolute atomic E-state index is 12.0. The van der Waals surface area contributed by atoms with Gasteiger partial charge in [0.25, 0.3) is 5.91 Å². The Kier molecular flexibility index (Phi) is 7.42. The zero-order valence-corrected chi connectivity index (χ0v) is 22.9. The highest BCUT2D eigenvalue weighted by atomic mass is 32.2. The van der Waals surface area contributed by atoms with Crippen LogP contribution in [0.5, 0.6) is 11.6 Å². The standard InChI is InChI=1S/C28H31N5O5S/c1-29-26(34)19-12-13-22(23(14-19)37-2)31-28-32-25-24(27(33-28)38-20-6-4-5-7-20)21(15-30-25)18-10-8-17(9-11-18)16-39(3,35)36/h8-15,20H,4-7,16H2,1-3H3,(H,29,34)(H2,30,31,32,33). The molecule has 0 bridgehead atoms. The summed E-state index contributed by atoms with van der Waals surface area (Å²) in [6.07, 6.45) is 7.29. The van der Waals surface area contributed by atoms with E-state index in [1.165, 1.54) is 13.4 Å². The smallest absolute Gasteiger partial charge is 0.251 e. The number of nitrogens with zero attached hydrogens (tertiary/aromatic N) is 2. The predicted molar refractivity (Wildman–Crippen MR) is 150 cm³/mol. The van der Waals surface area contributed by atoms with Crippen LogP contribution in [0.1, 0.15) is 41.6 Å². The highest BCUT2D eigenvalue weighted by Crippen LogP contribution is 2.37. The molecule has 0 aliphatic heterocycles. The molecule has 4 aromatic rings. The number of methoxy groups -OCH3 is 1. The maximum Gasteiger partial charge on any atom is 0.251 e. The number of H-pyrrole nitrogens is 1. The van der Waals surface area contributed by atoms with Crippen molar-refractivity contribution >= 4 is 38.4 Å². The number of nitrogens with one attached hydrogen (secondary N) is 3. The molecular formula is C28H31N5O5S. The molecule has 1 saturated carbocycles. The molecule has 11 heteroatoms. The molecule has 1 aliphatic rings. The molecule has 0 unspecified atom stereocenters. The Labute approximate surface area is 227 Å². The lowest BCUT2D eigenvalue weighted by atomic mass is 10.0. The first-order valence-electron chi connectivity index (χ1n) is 12.7. The zero-order valence-electron chi connectivity index (χ0n) is 22.1. The average molecular weight is 550 g/mol. The summed E-state index contributed by atoms with van der Waals surface area (Å²) in [5.74, 6) is 1.03. The normalized spacial score (nSPS) is 13.9. The van der Waals surface area contributed by atoms with Gasteiger partial charge >= 0.3 is 0 Å². The second kappa shape index (κ2) is 10.9. The van der Waals surface area contributed by atoms with Crippen LogP contribution in [-0.4, -0.2) is 55.8 Å². The molecule has 3 N–H and O–H groups in total. The summed E-state index contributed by atoms with van der Waals surface area (Å²) in [4.78, 5) is 24.7. The van der Waals surface area contributed by atoms with Gasteiger partial charge in [0.05, 0.1) is 23.9 Å². The minimum Gasteiger partial charge on any atom is -0.495 e. The molecule has 2 aromatic heterocycles. The van der Waals surface area contributed by atoms with Crippen LogP contribution in [0.2, 0.25) is 0 Å². The Bertz CT molecular complexity index is 1610. The first-order valence-corrected chi connectivity index (χ1v) is 14.8. The lowest BCUT2D eigenvalue weighted by Gasteiger charge is -2.16. The Morgan fingerprint density at radius 2 is 1.85 bits per heavy atom. The van der Waals surface area contributed by atoms with E-state index >= 15 is 0 Å². The van der Waals surface area contributed by atoms with Crippen molar-refractivity contribution in [2.45, 2.75) is 37.5 Å². The largest absolute Gasteiger partial charge is 0.495 e. The number of ether oxygens (including phenoxy) is 2. The number of carbonyl (C=O) groups excluding carboxylic acids is 1. The first-order chi connectivity index (χ1) is 18.7. The zero-order chi connectivity index (χ0) is 27.6. The van der Waals surface area contributed by atoms with E-state index in [2.05, 4.69) is 15.6 Å². The average Bonchev–Trinajstić information content (AvgIpc) is 3.58. The number of hydrogen-bond acceptors (Lipinski definition) is 8. The molecule has 1 amide bonds. The fourth-order valence-corrected chi connectivity index (χ4v) is 5.61. The van der Waals surface area contributed by atoms with Crippen LogP contribution in [0.15, 0.2) is 48.7 Å². The Hall–Kier alpha value is -4.12. The minimum atomic E-state index is -3.12. The van der Waals surface area contributed by atoms with E-state index in [0.717, 1.165) is 47.8 Å². The maximum atomic E-state index is 12.0. The van der Waals surface area contributed by atoms with Gasteiger partial charge in [0.2, 0.25) is 11.8 Å². The number of benzene rings is 2. The topological polar surface area (TPSA) is 135 Å². The van der Waals surface area contributed by atoms with Crippen molar-refractivity contribution in [1.82, 2.24) is 20.3 Å². The summed E-state index contributed by atoms with van der Waals surface area (Å²) in [5, 5.41) is 6.57. The van der Waals surface area contributed by atoms with Gasteiger partial charge in [0.15, 0.2) is 9.84 Å². The van der Waals surface area contributed by atoms with Crippen molar-refractivity contribution in [1.29, 1.82) is 0 Å². The van der Waals surface area contributed by atoms with Gasteiger partial charge in [-0.25, -0.2) is 8.42 Å². The van der Waals surface area contributed by atoms with Crippen molar-refractivity contribution in [2.24, 2.45) is 0 Å². The molecule has 0 spiro atoms. The van der Waals surface area contributed by atoms with E-state index in [0.29, 0.717) is 34.5 Å². The lowest BCUT2D eigenvalue weighted by molar-refractivity contribution is 0.0962. The minimum absolute atomic E-state index is 0.0110. The van der Waals surface area contributed by atoms with Gasteiger partial charge in [0, 0.05) is 30.6 Å². The molecule has 1 aliphatic carbocycles. The van der Waals surface area contributed by atoms with Crippen molar-refractivity contribution in [3.63, 3.8) is 0 Å². The molecular weight excluding hydrogens is 518 g/mol.